The van der Waals surface area contributed by atoms with Crippen molar-refractivity contribution in [1.29, 1.82) is 0 Å². The molecule has 0 bridgehead atoms. The first-order valence-corrected chi connectivity index (χ1v) is 8.61. The van der Waals surface area contributed by atoms with Crippen LogP contribution in [-0.2, 0) is 0 Å². The monoisotopic (exact) mass is 298 g/mol. The second-order valence-corrected chi connectivity index (χ2v) is 7.24. The molecule has 1 aromatic heterocycles. The number of hydrogen-bond acceptors (Lipinski definition) is 6. The first kappa shape index (κ1) is 13.1. The summed E-state index contributed by atoms with van der Waals surface area (Å²) in [7, 11) is 0. The third-order valence-electron chi connectivity index (χ3n) is 3.32. The first-order valence-electron chi connectivity index (χ1n) is 6.64. The van der Waals surface area contributed by atoms with Crippen molar-refractivity contribution in [3.63, 3.8) is 0 Å². The van der Waals surface area contributed by atoms with E-state index in [0.717, 1.165) is 29.5 Å². The molecule has 2 fully saturated rings. The van der Waals surface area contributed by atoms with Crippen LogP contribution in [0.1, 0.15) is 35.4 Å². The highest BCUT2D eigenvalue weighted by Crippen LogP contribution is 2.30. The largest absolute Gasteiger partial charge is 0.382 e. The van der Waals surface area contributed by atoms with Crippen LogP contribution in [0.15, 0.2) is 0 Å². The number of carbonyl (C=O) groups excluding carboxylic acids is 1. The van der Waals surface area contributed by atoms with Gasteiger partial charge in [0.15, 0.2) is 5.13 Å². The Bertz CT molecular complexity index is 466. The second kappa shape index (κ2) is 5.58. The molecule has 0 aromatic carbocycles. The molecule has 0 unspecified atom stereocenters. The zero-order valence-corrected chi connectivity index (χ0v) is 12.3. The number of thioether (sulfide) groups is 1. The number of thiazole rings is 1. The number of rotatable bonds is 4. The number of nitrogens with zero attached hydrogens (tertiary/aromatic N) is 1. The Morgan fingerprint density at radius 2 is 1.95 bits per heavy atom. The van der Waals surface area contributed by atoms with Crippen molar-refractivity contribution in [2.24, 2.45) is 0 Å². The fraction of sp³-hybridized carbons (Fsp3) is 0.667. The molecule has 7 heteroatoms. The molecule has 1 saturated heterocycles. The summed E-state index contributed by atoms with van der Waals surface area (Å²) in [6, 6.07) is 0.812. The fourth-order valence-electron chi connectivity index (χ4n) is 2.05. The molecular weight excluding hydrogens is 280 g/mol. The van der Waals surface area contributed by atoms with Gasteiger partial charge in [-0.3, -0.25) is 4.79 Å². The standard InChI is InChI=1S/C12H18N4OS2/c13-10-9(19-12(16-10)15-7-1-2-7)11(17)14-8-3-5-18-6-4-8/h7-8H,1-6,13H2,(H,14,17)(H,15,16). The number of hydrogen-bond donors (Lipinski definition) is 3. The highest BCUT2D eigenvalue weighted by molar-refractivity contribution is 7.99. The van der Waals surface area contributed by atoms with Crippen molar-refractivity contribution < 1.29 is 4.79 Å². The van der Waals surface area contributed by atoms with Crippen LogP contribution in [0.3, 0.4) is 0 Å². The number of nitrogen functional groups attached to an aromatic ring is 1. The predicted molar refractivity (Wildman–Crippen MR) is 81.0 cm³/mol. The summed E-state index contributed by atoms with van der Waals surface area (Å²) in [6.07, 6.45) is 4.45. The van der Waals surface area contributed by atoms with E-state index in [1.54, 1.807) is 0 Å². The van der Waals surface area contributed by atoms with E-state index in [2.05, 4.69) is 15.6 Å². The van der Waals surface area contributed by atoms with Crippen LogP contribution in [0.2, 0.25) is 0 Å². The van der Waals surface area contributed by atoms with Crippen molar-refractivity contribution in [3.8, 4) is 0 Å². The van der Waals surface area contributed by atoms with Crippen molar-refractivity contribution in [1.82, 2.24) is 10.3 Å². The zero-order valence-electron chi connectivity index (χ0n) is 10.6. The summed E-state index contributed by atoms with van der Waals surface area (Å²) in [5, 5.41) is 7.12. The van der Waals surface area contributed by atoms with Gasteiger partial charge in [0, 0.05) is 12.1 Å². The van der Waals surface area contributed by atoms with E-state index in [4.69, 9.17) is 5.73 Å². The van der Waals surface area contributed by atoms with Gasteiger partial charge in [0.1, 0.15) is 10.7 Å². The fourth-order valence-corrected chi connectivity index (χ4v) is 4.02. The highest BCUT2D eigenvalue weighted by atomic mass is 32.2. The zero-order chi connectivity index (χ0) is 13.2. The molecule has 0 spiro atoms. The smallest absolute Gasteiger partial charge is 0.265 e. The Morgan fingerprint density at radius 1 is 1.21 bits per heavy atom. The van der Waals surface area contributed by atoms with Gasteiger partial charge in [0.2, 0.25) is 0 Å². The van der Waals surface area contributed by atoms with Gasteiger partial charge in [-0.2, -0.15) is 11.8 Å². The van der Waals surface area contributed by atoms with Crippen molar-refractivity contribution in [3.05, 3.63) is 4.88 Å². The van der Waals surface area contributed by atoms with E-state index in [1.165, 1.54) is 24.2 Å². The number of aromatic nitrogens is 1. The van der Waals surface area contributed by atoms with Crippen LogP contribution in [0, 0.1) is 0 Å². The lowest BCUT2D eigenvalue weighted by Crippen LogP contribution is -2.37. The lowest BCUT2D eigenvalue weighted by atomic mass is 10.1. The quantitative estimate of drug-likeness (QED) is 0.791. The molecule has 1 aromatic rings. The minimum absolute atomic E-state index is 0.0734. The van der Waals surface area contributed by atoms with Crippen molar-refractivity contribution >= 4 is 40.0 Å². The van der Waals surface area contributed by atoms with Gasteiger partial charge in [0.25, 0.3) is 5.91 Å². The van der Waals surface area contributed by atoms with E-state index >= 15 is 0 Å². The van der Waals surface area contributed by atoms with Gasteiger partial charge in [-0.05, 0) is 37.2 Å². The average molecular weight is 298 g/mol. The Morgan fingerprint density at radius 3 is 2.63 bits per heavy atom. The SMILES string of the molecule is Nc1nc(NC2CC2)sc1C(=O)NC1CCSCC1. The molecule has 1 saturated carbocycles. The maximum absolute atomic E-state index is 12.2. The van der Waals surface area contributed by atoms with Gasteiger partial charge in [0.05, 0.1) is 0 Å². The molecule has 1 aliphatic carbocycles. The number of nitrogens with one attached hydrogen (secondary N) is 2. The Hall–Kier alpha value is -0.950. The normalized spacial score (nSPS) is 20.2. The van der Waals surface area contributed by atoms with E-state index in [0.29, 0.717) is 16.7 Å². The number of carbonyl (C=O) groups is 1. The Balaban J connectivity index is 1.62. The molecule has 3 rings (SSSR count). The molecule has 4 N–H and O–H groups in total. The molecule has 104 valence electrons. The topological polar surface area (TPSA) is 80.0 Å². The summed E-state index contributed by atoms with van der Waals surface area (Å²) in [6.45, 7) is 0. The number of anilines is 2. The summed E-state index contributed by atoms with van der Waals surface area (Å²) in [5.41, 5.74) is 5.84. The van der Waals surface area contributed by atoms with Crippen LogP contribution in [0.25, 0.3) is 0 Å². The van der Waals surface area contributed by atoms with E-state index in [9.17, 15) is 4.79 Å². The first-order chi connectivity index (χ1) is 9.22. The van der Waals surface area contributed by atoms with Crippen LogP contribution < -0.4 is 16.4 Å². The van der Waals surface area contributed by atoms with E-state index < -0.39 is 0 Å². The van der Waals surface area contributed by atoms with E-state index in [-0.39, 0.29) is 11.9 Å². The lowest BCUT2D eigenvalue weighted by Gasteiger charge is -2.22. The number of amides is 1. The molecule has 1 aliphatic heterocycles. The Kier molecular flexibility index (Phi) is 3.83. The van der Waals surface area contributed by atoms with Crippen LogP contribution >= 0.6 is 23.1 Å². The third-order valence-corrected chi connectivity index (χ3v) is 5.37. The maximum Gasteiger partial charge on any atom is 0.265 e. The third kappa shape index (κ3) is 3.33. The van der Waals surface area contributed by atoms with Gasteiger partial charge in [-0.15, -0.1) is 0 Å². The molecule has 19 heavy (non-hydrogen) atoms. The minimum atomic E-state index is -0.0734. The summed E-state index contributed by atoms with van der Waals surface area (Å²) >= 11 is 3.31. The highest BCUT2D eigenvalue weighted by Gasteiger charge is 2.25. The molecule has 1 amide bonds. The maximum atomic E-state index is 12.2. The lowest BCUT2D eigenvalue weighted by molar-refractivity contribution is 0.0939. The van der Waals surface area contributed by atoms with E-state index in [1.807, 2.05) is 11.8 Å². The second-order valence-electron chi connectivity index (χ2n) is 5.01. The summed E-state index contributed by atoms with van der Waals surface area (Å²) in [4.78, 5) is 17.0. The predicted octanol–water partition coefficient (Wildman–Crippen LogP) is 1.93. The minimum Gasteiger partial charge on any atom is -0.382 e. The van der Waals surface area contributed by atoms with Gasteiger partial charge in [-0.1, -0.05) is 11.3 Å². The molecule has 0 radical (unpaired) electrons. The van der Waals surface area contributed by atoms with Crippen LogP contribution in [-0.4, -0.2) is 34.5 Å². The van der Waals surface area contributed by atoms with Gasteiger partial charge in [-0.25, -0.2) is 4.98 Å². The van der Waals surface area contributed by atoms with Crippen LogP contribution in [0.4, 0.5) is 10.9 Å². The summed E-state index contributed by atoms with van der Waals surface area (Å²) in [5.74, 6) is 2.52. The molecule has 2 aliphatic rings. The Labute approximate surface area is 120 Å². The molecule has 0 atom stereocenters. The summed E-state index contributed by atoms with van der Waals surface area (Å²) < 4.78 is 0. The average Bonchev–Trinajstić information content (AvgIpc) is 3.13. The molecule has 5 nitrogen and oxygen atoms in total. The van der Waals surface area contributed by atoms with Gasteiger partial charge >= 0.3 is 0 Å². The molecular formula is C12H18N4OS2. The van der Waals surface area contributed by atoms with Crippen LogP contribution in [0.5, 0.6) is 0 Å². The number of nitrogens with two attached hydrogens (primary N) is 1. The van der Waals surface area contributed by atoms with Crippen molar-refractivity contribution in [2.45, 2.75) is 37.8 Å². The van der Waals surface area contributed by atoms with Gasteiger partial charge < -0.3 is 16.4 Å². The van der Waals surface area contributed by atoms with Crippen molar-refractivity contribution in [2.75, 3.05) is 22.6 Å². The molecule has 2 heterocycles.